The maximum atomic E-state index is 11.7. The largest absolute Gasteiger partial charge is 0.479 e. The Morgan fingerprint density at radius 1 is 1.26 bits per heavy atom. The molecule has 1 aliphatic heterocycles. The van der Waals surface area contributed by atoms with Crippen LogP contribution in [0, 0.1) is 0 Å². The average Bonchev–Trinajstić information content (AvgIpc) is 2.83. The van der Waals surface area contributed by atoms with Crippen LogP contribution in [-0.2, 0) is 14.4 Å². The van der Waals surface area contributed by atoms with Crippen LogP contribution in [0.3, 0.4) is 0 Å². The van der Waals surface area contributed by atoms with E-state index >= 15 is 0 Å². The number of carbonyl (C=O) groups excluding carboxylic acids is 2. The second kappa shape index (κ2) is 7.37. The number of carboxylic acids is 1. The van der Waals surface area contributed by atoms with Gasteiger partial charge in [-0.2, -0.15) is 11.8 Å². The molecule has 1 saturated heterocycles. The third-order valence-electron chi connectivity index (χ3n) is 2.96. The number of rotatable bonds is 7. The Kier molecular flexibility index (Phi) is 6.14. The van der Waals surface area contributed by atoms with E-state index in [1.54, 1.807) is 0 Å². The van der Waals surface area contributed by atoms with E-state index in [-0.39, 0.29) is 24.7 Å². The zero-order valence-electron chi connectivity index (χ0n) is 11.0. The molecule has 19 heavy (non-hydrogen) atoms. The summed E-state index contributed by atoms with van der Waals surface area (Å²) in [6.45, 7) is 2.54. The van der Waals surface area contributed by atoms with E-state index in [9.17, 15) is 19.5 Å². The first-order valence-corrected chi connectivity index (χ1v) is 7.54. The molecule has 0 aromatic carbocycles. The van der Waals surface area contributed by atoms with Crippen molar-refractivity contribution in [3.05, 3.63) is 0 Å². The SMILES string of the molecule is CCCNC(=O)CCC(=O)NC1(C(=O)O)CCSC1. The van der Waals surface area contributed by atoms with Gasteiger partial charge in [-0.15, -0.1) is 0 Å². The second-order valence-electron chi connectivity index (χ2n) is 4.59. The Bertz CT molecular complexity index is 354. The van der Waals surface area contributed by atoms with Crippen LogP contribution < -0.4 is 10.6 Å². The van der Waals surface area contributed by atoms with Crippen molar-refractivity contribution >= 4 is 29.5 Å². The lowest BCUT2D eigenvalue weighted by Gasteiger charge is -2.24. The van der Waals surface area contributed by atoms with Gasteiger partial charge in [0, 0.05) is 25.1 Å². The molecule has 1 heterocycles. The highest BCUT2D eigenvalue weighted by Gasteiger charge is 2.43. The summed E-state index contributed by atoms with van der Waals surface area (Å²) in [5, 5.41) is 14.4. The van der Waals surface area contributed by atoms with Crippen LogP contribution in [0.1, 0.15) is 32.6 Å². The van der Waals surface area contributed by atoms with Gasteiger partial charge in [0.05, 0.1) is 0 Å². The van der Waals surface area contributed by atoms with Gasteiger partial charge < -0.3 is 15.7 Å². The van der Waals surface area contributed by atoms with E-state index in [1.807, 2.05) is 6.92 Å². The highest BCUT2D eigenvalue weighted by molar-refractivity contribution is 7.99. The second-order valence-corrected chi connectivity index (χ2v) is 5.69. The van der Waals surface area contributed by atoms with Crippen LogP contribution in [-0.4, -0.2) is 46.5 Å². The maximum Gasteiger partial charge on any atom is 0.330 e. The number of carbonyl (C=O) groups is 3. The first-order chi connectivity index (χ1) is 9.00. The average molecular weight is 288 g/mol. The minimum absolute atomic E-state index is 0.0231. The molecule has 0 aliphatic carbocycles. The Morgan fingerprint density at radius 2 is 1.95 bits per heavy atom. The van der Waals surface area contributed by atoms with E-state index in [0.29, 0.717) is 18.7 Å². The molecule has 0 spiro atoms. The van der Waals surface area contributed by atoms with Crippen molar-refractivity contribution in [3.8, 4) is 0 Å². The fourth-order valence-electron chi connectivity index (χ4n) is 1.79. The molecule has 1 rings (SSSR count). The summed E-state index contributed by atoms with van der Waals surface area (Å²) < 4.78 is 0. The van der Waals surface area contributed by atoms with Crippen molar-refractivity contribution in [2.75, 3.05) is 18.1 Å². The smallest absolute Gasteiger partial charge is 0.330 e. The van der Waals surface area contributed by atoms with Crippen LogP contribution in [0.4, 0.5) is 0 Å². The van der Waals surface area contributed by atoms with Crippen LogP contribution in [0.2, 0.25) is 0 Å². The molecular formula is C12H20N2O4S. The number of amides is 2. The lowest BCUT2D eigenvalue weighted by atomic mass is 9.99. The summed E-state index contributed by atoms with van der Waals surface area (Å²) in [4.78, 5) is 34.3. The standard InChI is InChI=1S/C12H20N2O4S/c1-2-6-13-9(15)3-4-10(16)14-12(11(17)18)5-7-19-8-12/h2-8H2,1H3,(H,13,15)(H,14,16)(H,17,18). The Balaban J connectivity index is 2.37. The van der Waals surface area contributed by atoms with E-state index in [1.165, 1.54) is 11.8 Å². The van der Waals surface area contributed by atoms with Gasteiger partial charge in [-0.05, 0) is 18.6 Å². The van der Waals surface area contributed by atoms with Gasteiger partial charge >= 0.3 is 5.97 Å². The van der Waals surface area contributed by atoms with Crippen molar-refractivity contribution in [2.24, 2.45) is 0 Å². The molecule has 0 bridgehead atoms. The van der Waals surface area contributed by atoms with Crippen molar-refractivity contribution in [1.82, 2.24) is 10.6 Å². The highest BCUT2D eigenvalue weighted by Crippen LogP contribution is 2.28. The molecule has 6 nitrogen and oxygen atoms in total. The van der Waals surface area contributed by atoms with Gasteiger partial charge in [0.25, 0.3) is 0 Å². The van der Waals surface area contributed by atoms with Crippen LogP contribution in [0.25, 0.3) is 0 Å². The fraction of sp³-hybridized carbons (Fsp3) is 0.750. The zero-order valence-corrected chi connectivity index (χ0v) is 11.8. The summed E-state index contributed by atoms with van der Waals surface area (Å²) in [5.74, 6) is -0.445. The first kappa shape index (κ1) is 15.8. The van der Waals surface area contributed by atoms with Gasteiger partial charge in [-0.25, -0.2) is 4.79 Å². The minimum Gasteiger partial charge on any atom is -0.479 e. The number of thioether (sulfide) groups is 1. The number of nitrogens with one attached hydrogen (secondary N) is 2. The Morgan fingerprint density at radius 3 is 2.47 bits per heavy atom. The molecule has 2 amide bonds. The summed E-state index contributed by atoms with van der Waals surface area (Å²) in [6, 6.07) is 0. The number of aliphatic carboxylic acids is 1. The van der Waals surface area contributed by atoms with Crippen LogP contribution in [0.15, 0.2) is 0 Å². The molecule has 0 aromatic rings. The van der Waals surface area contributed by atoms with Gasteiger partial charge in [-0.3, -0.25) is 9.59 Å². The number of hydrogen-bond acceptors (Lipinski definition) is 4. The molecule has 7 heteroatoms. The molecular weight excluding hydrogens is 268 g/mol. The van der Waals surface area contributed by atoms with Crippen LogP contribution >= 0.6 is 11.8 Å². The Labute approximate surface area is 116 Å². The number of carboxylic acid groups (broad SMARTS) is 1. The van der Waals surface area contributed by atoms with E-state index in [0.717, 1.165) is 12.2 Å². The van der Waals surface area contributed by atoms with E-state index in [2.05, 4.69) is 10.6 Å². The van der Waals surface area contributed by atoms with Crippen molar-refractivity contribution in [3.63, 3.8) is 0 Å². The normalized spacial score (nSPS) is 21.9. The maximum absolute atomic E-state index is 11.7. The summed E-state index contributed by atoms with van der Waals surface area (Å²) in [7, 11) is 0. The van der Waals surface area contributed by atoms with Gasteiger partial charge in [-0.1, -0.05) is 6.92 Å². The van der Waals surface area contributed by atoms with Crippen molar-refractivity contribution in [1.29, 1.82) is 0 Å². The molecule has 3 N–H and O–H groups in total. The molecule has 1 atom stereocenters. The van der Waals surface area contributed by atoms with Crippen LogP contribution in [0.5, 0.6) is 0 Å². The molecule has 0 saturated carbocycles. The highest BCUT2D eigenvalue weighted by atomic mass is 32.2. The van der Waals surface area contributed by atoms with Gasteiger partial charge in [0.2, 0.25) is 11.8 Å². The van der Waals surface area contributed by atoms with Gasteiger partial charge in [0.1, 0.15) is 5.54 Å². The molecule has 1 aliphatic rings. The van der Waals surface area contributed by atoms with Crippen molar-refractivity contribution < 1.29 is 19.5 Å². The van der Waals surface area contributed by atoms with E-state index < -0.39 is 11.5 Å². The predicted molar refractivity (Wildman–Crippen MR) is 73.0 cm³/mol. The molecule has 0 aromatic heterocycles. The minimum atomic E-state index is -1.15. The summed E-state index contributed by atoms with van der Waals surface area (Å²) >= 11 is 1.51. The zero-order chi connectivity index (χ0) is 14.3. The summed E-state index contributed by atoms with van der Waals surface area (Å²) in [6.07, 6.45) is 1.39. The monoisotopic (exact) mass is 288 g/mol. The number of hydrogen-bond donors (Lipinski definition) is 3. The quantitative estimate of drug-likeness (QED) is 0.629. The van der Waals surface area contributed by atoms with Crippen molar-refractivity contribution in [2.45, 2.75) is 38.1 Å². The third kappa shape index (κ3) is 4.74. The molecule has 108 valence electrons. The van der Waals surface area contributed by atoms with E-state index in [4.69, 9.17) is 0 Å². The summed E-state index contributed by atoms with van der Waals surface area (Å²) in [5.41, 5.74) is -1.15. The van der Waals surface area contributed by atoms with Gasteiger partial charge in [0.15, 0.2) is 0 Å². The lowest BCUT2D eigenvalue weighted by Crippen LogP contribution is -2.54. The molecule has 1 unspecified atom stereocenters. The topological polar surface area (TPSA) is 95.5 Å². The molecule has 0 radical (unpaired) electrons. The third-order valence-corrected chi connectivity index (χ3v) is 4.15. The molecule has 1 fully saturated rings. The lowest BCUT2D eigenvalue weighted by molar-refractivity contribution is -0.146. The first-order valence-electron chi connectivity index (χ1n) is 6.39. The predicted octanol–water partition coefficient (Wildman–Crippen LogP) is 0.369. The Hall–Kier alpha value is -1.24. The fourth-order valence-corrected chi connectivity index (χ4v) is 3.12.